The van der Waals surface area contributed by atoms with Crippen LogP contribution in [-0.2, 0) is 6.42 Å². The standard InChI is InChI=1S/C19H18F2N4O3/c1-11-10-14(6-7-15(11)18-22-19(17(20)21)28-25-18)27-9-3-4-13-5-8-16(12(2)26)24-23-13/h5-8,10,17H,3-4,9H2,1-2H3. The molecule has 28 heavy (non-hydrogen) atoms. The molecular weight excluding hydrogens is 370 g/mol. The largest absolute Gasteiger partial charge is 0.494 e. The molecule has 0 spiro atoms. The molecular formula is C19H18F2N4O3. The van der Waals surface area contributed by atoms with E-state index >= 15 is 0 Å². The van der Waals surface area contributed by atoms with Gasteiger partial charge in [0.15, 0.2) is 5.78 Å². The quantitative estimate of drug-likeness (QED) is 0.426. The van der Waals surface area contributed by atoms with Crippen molar-refractivity contribution in [1.29, 1.82) is 0 Å². The number of alkyl halides is 2. The highest BCUT2D eigenvalue weighted by Gasteiger charge is 2.18. The lowest BCUT2D eigenvalue weighted by molar-refractivity contribution is 0.101. The fraction of sp³-hybridized carbons (Fsp3) is 0.316. The van der Waals surface area contributed by atoms with Gasteiger partial charge < -0.3 is 9.26 Å². The second kappa shape index (κ2) is 8.64. The van der Waals surface area contributed by atoms with Crippen molar-refractivity contribution in [2.45, 2.75) is 33.1 Å². The Kier molecular flexibility index (Phi) is 6.03. The Morgan fingerprint density at radius 1 is 1.21 bits per heavy atom. The minimum atomic E-state index is -2.80. The summed E-state index contributed by atoms with van der Waals surface area (Å²) in [6.45, 7) is 3.72. The number of aryl methyl sites for hydroxylation is 2. The topological polar surface area (TPSA) is 91.0 Å². The van der Waals surface area contributed by atoms with Crippen LogP contribution in [0, 0.1) is 6.92 Å². The van der Waals surface area contributed by atoms with E-state index in [9.17, 15) is 13.6 Å². The van der Waals surface area contributed by atoms with Crippen LogP contribution in [0.4, 0.5) is 8.78 Å². The van der Waals surface area contributed by atoms with E-state index in [1.807, 2.05) is 6.92 Å². The lowest BCUT2D eigenvalue weighted by atomic mass is 10.1. The third-order valence-electron chi connectivity index (χ3n) is 3.99. The van der Waals surface area contributed by atoms with Gasteiger partial charge in [0.05, 0.1) is 12.3 Å². The molecule has 0 saturated heterocycles. The molecule has 0 atom stereocenters. The molecule has 0 aliphatic rings. The fourth-order valence-corrected chi connectivity index (χ4v) is 2.53. The van der Waals surface area contributed by atoms with Crippen molar-refractivity contribution in [3.05, 3.63) is 53.2 Å². The van der Waals surface area contributed by atoms with E-state index in [0.717, 1.165) is 17.7 Å². The number of hydrogen-bond acceptors (Lipinski definition) is 7. The molecule has 0 amide bonds. The Labute approximate surface area is 159 Å². The van der Waals surface area contributed by atoms with Crippen LogP contribution in [0.15, 0.2) is 34.9 Å². The van der Waals surface area contributed by atoms with Gasteiger partial charge in [-0.3, -0.25) is 4.79 Å². The summed E-state index contributed by atoms with van der Waals surface area (Å²) >= 11 is 0. The van der Waals surface area contributed by atoms with E-state index in [0.29, 0.717) is 30.0 Å². The Morgan fingerprint density at radius 2 is 2.04 bits per heavy atom. The molecule has 1 aromatic carbocycles. The fourth-order valence-electron chi connectivity index (χ4n) is 2.53. The van der Waals surface area contributed by atoms with Crippen LogP contribution in [0.1, 0.15) is 47.4 Å². The molecule has 2 aromatic heterocycles. The number of halogens is 2. The summed E-state index contributed by atoms with van der Waals surface area (Å²) in [4.78, 5) is 14.9. The van der Waals surface area contributed by atoms with Crippen molar-refractivity contribution >= 4 is 5.78 Å². The predicted molar refractivity (Wildman–Crippen MR) is 95.3 cm³/mol. The molecule has 0 unspecified atom stereocenters. The summed E-state index contributed by atoms with van der Waals surface area (Å²) in [5.74, 6) is -0.0506. The Morgan fingerprint density at radius 3 is 2.64 bits per heavy atom. The van der Waals surface area contributed by atoms with Gasteiger partial charge in [-0.05, 0) is 55.7 Å². The third kappa shape index (κ3) is 4.73. The molecule has 146 valence electrons. The summed E-state index contributed by atoms with van der Waals surface area (Å²) in [5.41, 5.74) is 2.51. The number of nitrogens with zero attached hydrogens (tertiary/aromatic N) is 4. The van der Waals surface area contributed by atoms with Gasteiger partial charge in [-0.1, -0.05) is 5.16 Å². The van der Waals surface area contributed by atoms with Crippen molar-refractivity contribution < 1.29 is 22.8 Å². The summed E-state index contributed by atoms with van der Waals surface area (Å²) in [5, 5.41) is 11.5. The molecule has 0 aliphatic heterocycles. The van der Waals surface area contributed by atoms with Crippen LogP contribution < -0.4 is 4.74 Å². The first kappa shape index (κ1) is 19.5. The summed E-state index contributed by atoms with van der Waals surface area (Å²) in [6, 6.07) is 8.65. The zero-order valence-electron chi connectivity index (χ0n) is 15.4. The lowest BCUT2D eigenvalue weighted by Gasteiger charge is -2.08. The monoisotopic (exact) mass is 388 g/mol. The van der Waals surface area contributed by atoms with Gasteiger partial charge in [0.1, 0.15) is 11.4 Å². The first-order chi connectivity index (χ1) is 13.4. The summed E-state index contributed by atoms with van der Waals surface area (Å²) in [6.07, 6.45) is -1.41. The van der Waals surface area contributed by atoms with Crippen LogP contribution in [-0.4, -0.2) is 32.7 Å². The zero-order chi connectivity index (χ0) is 20.1. The predicted octanol–water partition coefficient (Wildman–Crippen LogP) is 3.99. The molecule has 0 aliphatic carbocycles. The van der Waals surface area contributed by atoms with Crippen molar-refractivity contribution in [2.24, 2.45) is 0 Å². The highest BCUT2D eigenvalue weighted by atomic mass is 19.3. The lowest BCUT2D eigenvalue weighted by Crippen LogP contribution is -2.04. The number of hydrogen-bond donors (Lipinski definition) is 0. The molecule has 9 heteroatoms. The van der Waals surface area contributed by atoms with E-state index in [1.54, 1.807) is 30.3 Å². The molecule has 0 radical (unpaired) electrons. The van der Waals surface area contributed by atoms with E-state index < -0.39 is 12.3 Å². The van der Waals surface area contributed by atoms with Crippen LogP contribution in [0.25, 0.3) is 11.4 Å². The average Bonchev–Trinajstić information content (AvgIpc) is 3.16. The van der Waals surface area contributed by atoms with Crippen LogP contribution in [0.3, 0.4) is 0 Å². The normalized spacial score (nSPS) is 11.0. The third-order valence-corrected chi connectivity index (χ3v) is 3.99. The van der Waals surface area contributed by atoms with Gasteiger partial charge in [-0.15, -0.1) is 5.10 Å². The number of rotatable bonds is 8. The molecule has 0 bridgehead atoms. The van der Waals surface area contributed by atoms with E-state index in [4.69, 9.17) is 4.74 Å². The van der Waals surface area contributed by atoms with Crippen molar-refractivity contribution in [3.8, 4) is 17.1 Å². The van der Waals surface area contributed by atoms with Gasteiger partial charge in [0.25, 0.3) is 5.89 Å². The number of ketones is 1. The van der Waals surface area contributed by atoms with Crippen molar-refractivity contribution in [1.82, 2.24) is 20.3 Å². The minimum Gasteiger partial charge on any atom is -0.494 e. The minimum absolute atomic E-state index is 0.118. The van der Waals surface area contributed by atoms with Gasteiger partial charge in [0, 0.05) is 12.5 Å². The number of benzene rings is 1. The van der Waals surface area contributed by atoms with Crippen molar-refractivity contribution in [3.63, 3.8) is 0 Å². The van der Waals surface area contributed by atoms with Crippen LogP contribution >= 0.6 is 0 Å². The first-order valence-electron chi connectivity index (χ1n) is 8.63. The first-order valence-corrected chi connectivity index (χ1v) is 8.63. The SMILES string of the molecule is CC(=O)c1ccc(CCCOc2ccc(-c3noc(C(F)F)n3)c(C)c2)nn1. The van der Waals surface area contributed by atoms with Gasteiger partial charge in [-0.2, -0.15) is 18.9 Å². The van der Waals surface area contributed by atoms with E-state index in [-0.39, 0.29) is 11.6 Å². The second-order valence-corrected chi connectivity index (χ2v) is 6.15. The van der Waals surface area contributed by atoms with Crippen LogP contribution in [0.5, 0.6) is 5.75 Å². The van der Waals surface area contributed by atoms with Crippen molar-refractivity contribution in [2.75, 3.05) is 6.61 Å². The van der Waals surface area contributed by atoms with Gasteiger partial charge >= 0.3 is 6.43 Å². The average molecular weight is 388 g/mol. The smallest absolute Gasteiger partial charge is 0.315 e. The maximum absolute atomic E-state index is 12.6. The maximum atomic E-state index is 12.6. The number of carbonyl (C=O) groups excluding carboxylic acids is 1. The van der Waals surface area contributed by atoms with Gasteiger partial charge in [-0.25, -0.2) is 0 Å². The second-order valence-electron chi connectivity index (χ2n) is 6.15. The number of aromatic nitrogens is 4. The molecule has 7 nitrogen and oxygen atoms in total. The molecule has 0 saturated carbocycles. The van der Waals surface area contributed by atoms with Crippen LogP contribution in [0.2, 0.25) is 0 Å². The maximum Gasteiger partial charge on any atom is 0.315 e. The molecule has 0 N–H and O–H groups in total. The summed E-state index contributed by atoms with van der Waals surface area (Å²) in [7, 11) is 0. The Balaban J connectivity index is 1.53. The number of Topliss-reactive ketones (excluding diaryl/α,β-unsaturated/α-hetero) is 1. The van der Waals surface area contributed by atoms with Gasteiger partial charge in [0.2, 0.25) is 5.82 Å². The Bertz CT molecular complexity index is 958. The highest BCUT2D eigenvalue weighted by Crippen LogP contribution is 2.27. The number of carbonyl (C=O) groups is 1. The molecule has 0 fully saturated rings. The zero-order valence-corrected chi connectivity index (χ0v) is 15.4. The summed E-state index contributed by atoms with van der Waals surface area (Å²) < 4.78 is 35.4. The molecule has 3 rings (SSSR count). The number of ether oxygens (including phenoxy) is 1. The van der Waals surface area contributed by atoms with E-state index in [2.05, 4.69) is 24.9 Å². The highest BCUT2D eigenvalue weighted by molar-refractivity contribution is 5.91. The Hall–Kier alpha value is -3.23. The molecule has 2 heterocycles. The molecule has 3 aromatic rings. The van der Waals surface area contributed by atoms with E-state index in [1.165, 1.54) is 6.92 Å².